The fourth-order valence-electron chi connectivity index (χ4n) is 0.969. The van der Waals surface area contributed by atoms with Crippen molar-refractivity contribution < 1.29 is 4.39 Å². The second-order valence-corrected chi connectivity index (χ2v) is 2.60. The average molecular weight is 171 g/mol. The van der Waals surface area contributed by atoms with Gasteiger partial charge in [0, 0.05) is 0 Å². The maximum Gasteiger partial charge on any atom is 0.134 e. The molecule has 0 radical (unpaired) electrons. The van der Waals surface area contributed by atoms with Crippen LogP contribution in [-0.2, 0) is 0 Å². The smallest absolute Gasteiger partial charge is 0.134 e. The summed E-state index contributed by atoms with van der Waals surface area (Å²) in [5.41, 5.74) is 0.548. The molecule has 11 heavy (non-hydrogen) atoms. The molecule has 4 heteroatoms. The zero-order valence-electron chi connectivity index (χ0n) is 5.44. The Morgan fingerprint density at radius 1 is 1.45 bits per heavy atom. The van der Waals surface area contributed by atoms with E-state index in [1.54, 1.807) is 0 Å². The van der Waals surface area contributed by atoms with Crippen LogP contribution in [0.1, 0.15) is 0 Å². The second kappa shape index (κ2) is 2.20. The molecule has 2 nitrogen and oxygen atoms in total. The Kier molecular flexibility index (Phi) is 1.32. The Morgan fingerprint density at radius 3 is 3.00 bits per heavy atom. The molecule has 0 aliphatic rings. The summed E-state index contributed by atoms with van der Waals surface area (Å²) in [5.74, 6) is -0.307. The van der Waals surface area contributed by atoms with Gasteiger partial charge in [-0.3, -0.25) is 5.10 Å². The van der Waals surface area contributed by atoms with Crippen LogP contribution >= 0.6 is 11.6 Å². The molecule has 0 fully saturated rings. The first-order chi connectivity index (χ1) is 5.29. The minimum atomic E-state index is -0.307. The summed E-state index contributed by atoms with van der Waals surface area (Å²) >= 11 is 5.73. The number of aromatic nitrogens is 2. The molecule has 0 unspecified atom stereocenters. The van der Waals surface area contributed by atoms with E-state index in [1.165, 1.54) is 18.3 Å². The molecule has 56 valence electrons. The van der Waals surface area contributed by atoms with Crippen molar-refractivity contribution in [1.82, 2.24) is 10.2 Å². The van der Waals surface area contributed by atoms with Gasteiger partial charge in [0.1, 0.15) is 5.82 Å². The molecule has 0 spiro atoms. The third kappa shape index (κ3) is 0.886. The van der Waals surface area contributed by atoms with Gasteiger partial charge in [-0.1, -0.05) is 11.6 Å². The minimum Gasteiger partial charge on any atom is -0.276 e. The van der Waals surface area contributed by atoms with Gasteiger partial charge >= 0.3 is 0 Å². The highest BCUT2D eigenvalue weighted by atomic mass is 35.5. The van der Waals surface area contributed by atoms with Gasteiger partial charge in [0.2, 0.25) is 0 Å². The Balaban J connectivity index is 2.96. The SMILES string of the molecule is Fc1ccc(Cl)c2[nH]ncc12. The van der Waals surface area contributed by atoms with Gasteiger partial charge in [0.15, 0.2) is 0 Å². The van der Waals surface area contributed by atoms with Crippen LogP contribution in [0.3, 0.4) is 0 Å². The fraction of sp³-hybridized carbons (Fsp3) is 0. The number of rotatable bonds is 0. The van der Waals surface area contributed by atoms with Crippen LogP contribution in [-0.4, -0.2) is 10.2 Å². The Bertz CT molecular complexity index is 360. The summed E-state index contributed by atoms with van der Waals surface area (Å²) in [6, 6.07) is 2.82. The number of aromatic amines is 1. The van der Waals surface area contributed by atoms with E-state index in [0.29, 0.717) is 15.9 Å². The number of hydrogen-bond acceptors (Lipinski definition) is 1. The minimum absolute atomic E-state index is 0.307. The number of nitrogens with one attached hydrogen (secondary N) is 1. The van der Waals surface area contributed by atoms with Crippen molar-refractivity contribution >= 4 is 22.5 Å². The van der Waals surface area contributed by atoms with Gasteiger partial charge < -0.3 is 0 Å². The van der Waals surface area contributed by atoms with Crippen LogP contribution in [0.2, 0.25) is 5.02 Å². The van der Waals surface area contributed by atoms with Crippen molar-refractivity contribution in [2.75, 3.05) is 0 Å². The Hall–Kier alpha value is -1.09. The highest BCUT2D eigenvalue weighted by Gasteiger charge is 2.04. The van der Waals surface area contributed by atoms with Crippen LogP contribution in [0.5, 0.6) is 0 Å². The quantitative estimate of drug-likeness (QED) is 0.646. The average Bonchev–Trinajstić information content (AvgIpc) is 2.45. The lowest BCUT2D eigenvalue weighted by molar-refractivity contribution is 0.640. The van der Waals surface area contributed by atoms with Gasteiger partial charge in [0.05, 0.1) is 22.1 Å². The van der Waals surface area contributed by atoms with E-state index >= 15 is 0 Å². The third-order valence-electron chi connectivity index (χ3n) is 1.51. The molecule has 1 heterocycles. The summed E-state index contributed by atoms with van der Waals surface area (Å²) in [4.78, 5) is 0. The van der Waals surface area contributed by atoms with Crippen LogP contribution in [0.4, 0.5) is 4.39 Å². The zero-order valence-corrected chi connectivity index (χ0v) is 6.19. The molecule has 0 aliphatic carbocycles. The highest BCUT2D eigenvalue weighted by Crippen LogP contribution is 2.22. The number of benzene rings is 1. The molecular weight excluding hydrogens is 167 g/mol. The normalized spacial score (nSPS) is 10.7. The van der Waals surface area contributed by atoms with Crippen molar-refractivity contribution in [3.8, 4) is 0 Å². The molecule has 0 amide bonds. The van der Waals surface area contributed by atoms with Gasteiger partial charge in [0.25, 0.3) is 0 Å². The molecule has 0 atom stereocenters. The first-order valence-electron chi connectivity index (χ1n) is 3.06. The molecule has 1 N–H and O–H groups in total. The predicted molar refractivity (Wildman–Crippen MR) is 41.1 cm³/mol. The fourth-order valence-corrected chi connectivity index (χ4v) is 1.18. The largest absolute Gasteiger partial charge is 0.276 e. The van der Waals surface area contributed by atoms with E-state index in [-0.39, 0.29) is 5.82 Å². The topological polar surface area (TPSA) is 28.7 Å². The lowest BCUT2D eigenvalue weighted by Crippen LogP contribution is -1.75. The number of hydrogen-bond donors (Lipinski definition) is 1. The molecule has 0 saturated heterocycles. The van der Waals surface area contributed by atoms with Crippen molar-refractivity contribution in [3.63, 3.8) is 0 Å². The van der Waals surface area contributed by atoms with Crippen LogP contribution < -0.4 is 0 Å². The maximum absolute atomic E-state index is 12.9. The van der Waals surface area contributed by atoms with E-state index in [4.69, 9.17) is 11.6 Å². The predicted octanol–water partition coefficient (Wildman–Crippen LogP) is 2.36. The number of fused-ring (bicyclic) bond motifs is 1. The molecule has 2 aromatic rings. The van der Waals surface area contributed by atoms with Crippen LogP contribution in [0.25, 0.3) is 10.9 Å². The van der Waals surface area contributed by atoms with Crippen LogP contribution in [0, 0.1) is 5.82 Å². The monoisotopic (exact) mass is 170 g/mol. The number of H-pyrrole nitrogens is 1. The molecular formula is C7H4ClFN2. The molecule has 1 aromatic carbocycles. The summed E-state index contributed by atoms with van der Waals surface area (Å²) in [5, 5.41) is 7.19. The Labute approximate surface area is 67.0 Å². The molecule has 0 saturated carbocycles. The molecule has 1 aromatic heterocycles. The summed E-state index contributed by atoms with van der Waals surface area (Å²) in [6.07, 6.45) is 1.41. The van der Waals surface area contributed by atoms with Gasteiger partial charge in [-0.15, -0.1) is 0 Å². The van der Waals surface area contributed by atoms with E-state index < -0.39 is 0 Å². The van der Waals surface area contributed by atoms with Gasteiger partial charge in [-0.2, -0.15) is 5.10 Å². The van der Waals surface area contributed by atoms with E-state index in [1.807, 2.05) is 0 Å². The highest BCUT2D eigenvalue weighted by molar-refractivity contribution is 6.35. The first-order valence-corrected chi connectivity index (χ1v) is 3.44. The standard InChI is InChI=1S/C7H4ClFN2/c8-5-1-2-6(9)4-3-10-11-7(4)5/h1-3H,(H,10,11). The summed E-state index contributed by atoms with van der Waals surface area (Å²) in [6.45, 7) is 0. The van der Waals surface area contributed by atoms with Crippen molar-refractivity contribution in [2.24, 2.45) is 0 Å². The second-order valence-electron chi connectivity index (χ2n) is 2.19. The van der Waals surface area contributed by atoms with Gasteiger partial charge in [-0.05, 0) is 12.1 Å². The molecule has 0 aliphatic heterocycles. The lowest BCUT2D eigenvalue weighted by Gasteiger charge is -1.92. The maximum atomic E-state index is 12.9. The summed E-state index contributed by atoms with van der Waals surface area (Å²) < 4.78 is 12.9. The third-order valence-corrected chi connectivity index (χ3v) is 1.83. The number of halogens is 2. The van der Waals surface area contributed by atoms with Crippen LogP contribution in [0.15, 0.2) is 18.3 Å². The van der Waals surface area contributed by atoms with E-state index in [2.05, 4.69) is 10.2 Å². The van der Waals surface area contributed by atoms with Crippen molar-refractivity contribution in [2.45, 2.75) is 0 Å². The van der Waals surface area contributed by atoms with E-state index in [9.17, 15) is 4.39 Å². The van der Waals surface area contributed by atoms with Crippen molar-refractivity contribution in [3.05, 3.63) is 29.2 Å². The van der Waals surface area contributed by atoms with Crippen molar-refractivity contribution in [1.29, 1.82) is 0 Å². The first kappa shape index (κ1) is 6.61. The zero-order chi connectivity index (χ0) is 7.84. The Morgan fingerprint density at radius 2 is 2.27 bits per heavy atom. The summed E-state index contributed by atoms with van der Waals surface area (Å²) in [7, 11) is 0. The molecule has 0 bridgehead atoms. The number of nitrogens with zero attached hydrogens (tertiary/aromatic N) is 1. The molecule has 2 rings (SSSR count). The van der Waals surface area contributed by atoms with E-state index in [0.717, 1.165) is 0 Å². The lowest BCUT2D eigenvalue weighted by atomic mass is 10.2. The van der Waals surface area contributed by atoms with Gasteiger partial charge in [-0.25, -0.2) is 4.39 Å².